The van der Waals surface area contributed by atoms with Crippen LogP contribution in [0.25, 0.3) is 0 Å². The predicted octanol–water partition coefficient (Wildman–Crippen LogP) is 1.58. The second-order valence-electron chi connectivity index (χ2n) is 5.41. The van der Waals surface area contributed by atoms with Gasteiger partial charge in [0, 0.05) is 6.54 Å². The average molecular weight is 299 g/mol. The first kappa shape index (κ1) is 17.1. The van der Waals surface area contributed by atoms with Gasteiger partial charge in [-0.05, 0) is 32.4 Å². The predicted molar refractivity (Wildman–Crippen MR) is 82.6 cm³/mol. The summed E-state index contributed by atoms with van der Waals surface area (Å²) in [7, 11) is -3.29. The molecule has 0 heterocycles. The van der Waals surface area contributed by atoms with Gasteiger partial charge in [-0.25, -0.2) is 8.42 Å². The summed E-state index contributed by atoms with van der Waals surface area (Å²) in [5, 5.41) is 12.8. The zero-order valence-corrected chi connectivity index (χ0v) is 13.3. The summed E-state index contributed by atoms with van der Waals surface area (Å²) in [6.45, 7) is 7.03. The summed E-state index contributed by atoms with van der Waals surface area (Å²) in [5.41, 5.74) is 2.90. The maximum Gasteiger partial charge on any atom is 0.157 e. The number of hydrogen-bond donors (Lipinski definition) is 2. The van der Waals surface area contributed by atoms with E-state index in [2.05, 4.69) is 5.32 Å². The van der Waals surface area contributed by atoms with Gasteiger partial charge in [0.15, 0.2) is 9.84 Å². The fourth-order valence-electron chi connectivity index (χ4n) is 2.26. The molecule has 20 heavy (non-hydrogen) atoms. The quantitative estimate of drug-likeness (QED) is 0.715. The van der Waals surface area contributed by atoms with Crippen molar-refractivity contribution in [3.05, 3.63) is 34.9 Å². The fraction of sp³-hybridized carbons (Fsp3) is 0.600. The Morgan fingerprint density at radius 2 is 1.80 bits per heavy atom. The van der Waals surface area contributed by atoms with Gasteiger partial charge < -0.3 is 10.4 Å². The van der Waals surface area contributed by atoms with E-state index in [1.807, 2.05) is 39.0 Å². The molecule has 0 bridgehead atoms. The molecule has 0 aromatic heterocycles. The largest absolute Gasteiger partial charge is 0.391 e. The maximum absolute atomic E-state index is 12.1. The molecule has 5 heteroatoms. The van der Waals surface area contributed by atoms with E-state index in [1.54, 1.807) is 0 Å². The number of rotatable bonds is 8. The summed E-state index contributed by atoms with van der Waals surface area (Å²) in [6, 6.07) is 5.78. The molecule has 1 atom stereocenters. The van der Waals surface area contributed by atoms with Crippen molar-refractivity contribution in [1.82, 2.24) is 5.32 Å². The molecule has 1 aromatic carbocycles. The van der Waals surface area contributed by atoms with Crippen molar-refractivity contribution in [2.24, 2.45) is 0 Å². The van der Waals surface area contributed by atoms with Crippen LogP contribution in [-0.4, -0.2) is 38.5 Å². The summed E-state index contributed by atoms with van der Waals surface area (Å²) < 4.78 is 24.2. The van der Waals surface area contributed by atoms with Crippen molar-refractivity contribution in [3.63, 3.8) is 0 Å². The van der Waals surface area contributed by atoms with Crippen LogP contribution in [0.3, 0.4) is 0 Å². The zero-order chi connectivity index (χ0) is 15.2. The Hall–Kier alpha value is -0.910. The minimum Gasteiger partial charge on any atom is -0.391 e. The molecule has 0 fully saturated rings. The third kappa shape index (κ3) is 6.50. The third-order valence-corrected chi connectivity index (χ3v) is 4.59. The van der Waals surface area contributed by atoms with Gasteiger partial charge in [-0.1, -0.05) is 36.2 Å². The molecule has 0 saturated heterocycles. The highest BCUT2D eigenvalue weighted by atomic mass is 32.2. The second-order valence-corrected chi connectivity index (χ2v) is 7.52. The lowest BCUT2D eigenvalue weighted by atomic mass is 10.1. The Labute approximate surface area is 122 Å². The Bertz CT molecular complexity index is 506. The summed E-state index contributed by atoms with van der Waals surface area (Å²) >= 11 is 0. The van der Waals surface area contributed by atoms with E-state index in [1.165, 1.54) is 0 Å². The van der Waals surface area contributed by atoms with Crippen LogP contribution in [0.15, 0.2) is 18.2 Å². The molecule has 2 N–H and O–H groups in total. The smallest absolute Gasteiger partial charge is 0.157 e. The number of aliphatic hydroxyl groups is 1. The fourth-order valence-corrected chi connectivity index (χ4v) is 3.76. The number of aryl methyl sites for hydroxylation is 2. The first-order chi connectivity index (χ1) is 9.32. The molecular weight excluding hydrogens is 274 g/mol. The van der Waals surface area contributed by atoms with Crippen molar-refractivity contribution < 1.29 is 13.5 Å². The minimum absolute atomic E-state index is 0.0135. The molecule has 1 aromatic rings. The molecule has 0 aliphatic heterocycles. The van der Waals surface area contributed by atoms with Gasteiger partial charge in [-0.2, -0.15) is 0 Å². The maximum atomic E-state index is 12.1. The van der Waals surface area contributed by atoms with E-state index < -0.39 is 15.9 Å². The number of hydrogen-bond acceptors (Lipinski definition) is 4. The summed E-state index contributed by atoms with van der Waals surface area (Å²) in [4.78, 5) is 0. The van der Waals surface area contributed by atoms with Crippen molar-refractivity contribution in [2.75, 3.05) is 18.8 Å². The van der Waals surface area contributed by atoms with Crippen LogP contribution in [-0.2, 0) is 15.6 Å². The number of sulfone groups is 1. The van der Waals surface area contributed by atoms with Crippen LogP contribution >= 0.6 is 0 Å². The Balaban J connectivity index is 2.60. The molecule has 0 saturated carbocycles. The molecule has 0 radical (unpaired) electrons. The monoisotopic (exact) mass is 299 g/mol. The SMILES string of the molecule is CCCNCC(O)CS(=O)(=O)Cc1cc(C)cc(C)c1. The van der Waals surface area contributed by atoms with Crippen molar-refractivity contribution in [2.45, 2.75) is 39.0 Å². The lowest BCUT2D eigenvalue weighted by Gasteiger charge is -2.12. The van der Waals surface area contributed by atoms with Crippen LogP contribution < -0.4 is 5.32 Å². The molecule has 1 unspecified atom stereocenters. The lowest BCUT2D eigenvalue weighted by Crippen LogP contribution is -2.33. The molecular formula is C15H25NO3S. The molecule has 1 rings (SSSR count). The van der Waals surface area contributed by atoms with Crippen LogP contribution in [0.2, 0.25) is 0 Å². The van der Waals surface area contributed by atoms with E-state index >= 15 is 0 Å². The number of benzene rings is 1. The van der Waals surface area contributed by atoms with Crippen molar-refractivity contribution >= 4 is 9.84 Å². The first-order valence-electron chi connectivity index (χ1n) is 6.99. The number of nitrogens with one attached hydrogen (secondary N) is 1. The first-order valence-corrected chi connectivity index (χ1v) is 8.81. The highest BCUT2D eigenvalue weighted by Crippen LogP contribution is 2.13. The molecule has 0 aliphatic rings. The Morgan fingerprint density at radius 3 is 2.35 bits per heavy atom. The van der Waals surface area contributed by atoms with Gasteiger partial charge in [0.2, 0.25) is 0 Å². The average Bonchev–Trinajstić information content (AvgIpc) is 2.25. The van der Waals surface area contributed by atoms with Crippen molar-refractivity contribution in [1.29, 1.82) is 0 Å². The molecule has 4 nitrogen and oxygen atoms in total. The van der Waals surface area contributed by atoms with E-state index in [0.717, 1.165) is 29.7 Å². The summed E-state index contributed by atoms with van der Waals surface area (Å²) in [6.07, 6.45) is 0.111. The molecule has 0 aliphatic carbocycles. The van der Waals surface area contributed by atoms with Gasteiger partial charge in [0.1, 0.15) is 0 Å². The second kappa shape index (κ2) is 7.76. The van der Waals surface area contributed by atoms with Gasteiger partial charge >= 0.3 is 0 Å². The van der Waals surface area contributed by atoms with Crippen LogP contribution in [0.4, 0.5) is 0 Å². The van der Waals surface area contributed by atoms with Crippen LogP contribution in [0.5, 0.6) is 0 Å². The number of aliphatic hydroxyl groups excluding tert-OH is 1. The topological polar surface area (TPSA) is 66.4 Å². The molecule has 114 valence electrons. The highest BCUT2D eigenvalue weighted by molar-refractivity contribution is 7.90. The van der Waals surface area contributed by atoms with Crippen molar-refractivity contribution in [3.8, 4) is 0 Å². The summed E-state index contributed by atoms with van der Waals surface area (Å²) in [5.74, 6) is -0.211. The van der Waals surface area contributed by atoms with Gasteiger partial charge in [0.25, 0.3) is 0 Å². The van der Waals surface area contributed by atoms with Crippen LogP contribution in [0.1, 0.15) is 30.0 Å². The van der Waals surface area contributed by atoms with E-state index in [0.29, 0.717) is 6.54 Å². The molecule has 0 spiro atoms. The Morgan fingerprint density at radius 1 is 1.20 bits per heavy atom. The van der Waals surface area contributed by atoms with E-state index in [-0.39, 0.29) is 11.5 Å². The van der Waals surface area contributed by atoms with Crippen LogP contribution in [0, 0.1) is 13.8 Å². The lowest BCUT2D eigenvalue weighted by molar-refractivity contribution is 0.194. The van der Waals surface area contributed by atoms with Gasteiger partial charge in [-0.15, -0.1) is 0 Å². The van der Waals surface area contributed by atoms with Gasteiger partial charge in [0.05, 0.1) is 17.6 Å². The minimum atomic E-state index is -3.29. The highest BCUT2D eigenvalue weighted by Gasteiger charge is 2.18. The standard InChI is InChI=1S/C15H25NO3S/c1-4-5-16-9-15(17)11-20(18,19)10-14-7-12(2)6-13(3)8-14/h6-8,15-17H,4-5,9-11H2,1-3H3. The molecule has 0 amide bonds. The van der Waals surface area contributed by atoms with E-state index in [9.17, 15) is 13.5 Å². The normalized spacial score (nSPS) is 13.4. The third-order valence-electron chi connectivity index (χ3n) is 2.92. The Kier molecular flexibility index (Phi) is 6.65. The zero-order valence-electron chi connectivity index (χ0n) is 12.5. The van der Waals surface area contributed by atoms with E-state index in [4.69, 9.17) is 0 Å². The van der Waals surface area contributed by atoms with Gasteiger partial charge in [-0.3, -0.25) is 0 Å².